The van der Waals surface area contributed by atoms with Crippen LogP contribution < -0.4 is 0 Å². The molecule has 0 bridgehead atoms. The van der Waals surface area contributed by atoms with Gasteiger partial charge < -0.3 is 9.13 Å². The Morgan fingerprint density at radius 1 is 0.176 bits per heavy atom. The third-order valence-corrected chi connectivity index (χ3v) is 20.4. The lowest BCUT2D eigenvalue weighted by Crippen LogP contribution is -2.26. The summed E-state index contributed by atoms with van der Waals surface area (Å²) in [7, 11) is 0. The van der Waals surface area contributed by atoms with E-state index in [1.54, 1.807) is 0 Å². The average molecular weight is 1150 g/mol. The molecule has 0 saturated carbocycles. The Kier molecular flexibility index (Phi) is 10.5. The molecule has 420 valence electrons. The molecule has 2 heterocycles. The monoisotopic (exact) mass is 1150 g/mol. The smallest absolute Gasteiger partial charge is 0.0725 e. The number of fused-ring (bicyclic) bond motifs is 20. The van der Waals surface area contributed by atoms with Gasteiger partial charge in [-0.2, -0.15) is 0 Å². The lowest BCUT2D eigenvalue weighted by Gasteiger charge is -2.31. The van der Waals surface area contributed by atoms with E-state index >= 15 is 0 Å². The predicted molar refractivity (Wildman–Crippen MR) is 383 cm³/mol. The summed E-state index contributed by atoms with van der Waals surface area (Å²) in [6.07, 6.45) is 0. The maximum Gasteiger partial charge on any atom is 0.0725 e. The molecule has 0 saturated heterocycles. The minimum Gasteiger partial charge on any atom is -0.309 e. The number of rotatable bonds is 6. The average Bonchev–Trinajstić information content (AvgIpc) is 1.51. The predicted octanol–water partition coefficient (Wildman–Crippen LogP) is 23.5. The van der Waals surface area contributed by atoms with Gasteiger partial charge in [0, 0.05) is 32.9 Å². The van der Waals surface area contributed by atoms with Gasteiger partial charge in [0.05, 0.1) is 27.5 Å². The number of hydrogen-bond donors (Lipinski definition) is 0. The molecule has 0 N–H and O–H groups in total. The maximum atomic E-state index is 2.52. The molecule has 2 nitrogen and oxygen atoms in total. The maximum absolute atomic E-state index is 2.52. The van der Waals surface area contributed by atoms with Crippen molar-refractivity contribution in [1.82, 2.24) is 9.13 Å². The van der Waals surface area contributed by atoms with Crippen LogP contribution in [0.4, 0.5) is 0 Å². The number of aromatic nitrogens is 2. The van der Waals surface area contributed by atoms with Crippen LogP contribution in [-0.4, -0.2) is 9.13 Å². The topological polar surface area (TPSA) is 9.86 Å². The molecule has 1 spiro atoms. The van der Waals surface area contributed by atoms with E-state index < -0.39 is 5.41 Å². The molecule has 0 amide bonds. The Balaban J connectivity index is 0.649. The van der Waals surface area contributed by atoms with Crippen molar-refractivity contribution in [2.75, 3.05) is 0 Å². The zero-order valence-electron chi connectivity index (χ0n) is 49.6. The fraction of sp³-hybridized carbons (Fsp3) is 0.0112. The van der Waals surface area contributed by atoms with Gasteiger partial charge >= 0.3 is 0 Å². The molecule has 2 aliphatic carbocycles. The van der Waals surface area contributed by atoms with Crippen LogP contribution in [-0.2, 0) is 5.41 Å². The van der Waals surface area contributed by atoms with Gasteiger partial charge in [0.2, 0.25) is 0 Å². The molecule has 0 aliphatic heterocycles. The molecule has 0 radical (unpaired) electrons. The summed E-state index contributed by atoms with van der Waals surface area (Å²) in [4.78, 5) is 0. The fourth-order valence-electron chi connectivity index (χ4n) is 16.2. The van der Waals surface area contributed by atoms with Crippen LogP contribution in [0.1, 0.15) is 22.3 Å². The number of nitrogens with zero attached hydrogens (tertiary/aromatic N) is 2. The summed E-state index contributed by atoms with van der Waals surface area (Å²) in [6.45, 7) is 0. The molecule has 2 aromatic heterocycles. The highest BCUT2D eigenvalue weighted by molar-refractivity contribution is 6.13. The Morgan fingerprint density at radius 3 is 0.912 bits per heavy atom. The van der Waals surface area contributed by atoms with E-state index in [4.69, 9.17) is 0 Å². The van der Waals surface area contributed by atoms with E-state index in [0.29, 0.717) is 0 Å². The van der Waals surface area contributed by atoms with Gasteiger partial charge in [-0.3, -0.25) is 0 Å². The van der Waals surface area contributed by atoms with Crippen LogP contribution in [0.15, 0.2) is 328 Å². The third kappa shape index (κ3) is 7.36. The zero-order valence-corrected chi connectivity index (χ0v) is 49.6. The Morgan fingerprint density at radius 2 is 0.473 bits per heavy atom. The molecule has 0 fully saturated rings. The van der Waals surface area contributed by atoms with E-state index in [1.807, 2.05) is 0 Å². The highest BCUT2D eigenvalue weighted by Crippen LogP contribution is 2.63. The van der Waals surface area contributed by atoms with Crippen LogP contribution >= 0.6 is 0 Å². The van der Waals surface area contributed by atoms with E-state index in [9.17, 15) is 0 Å². The van der Waals surface area contributed by atoms with Crippen LogP contribution in [0.3, 0.4) is 0 Å². The van der Waals surface area contributed by atoms with Crippen molar-refractivity contribution < 1.29 is 0 Å². The molecule has 18 aromatic rings. The van der Waals surface area contributed by atoms with Crippen LogP contribution in [0.25, 0.3) is 165 Å². The van der Waals surface area contributed by atoms with Gasteiger partial charge in [0.1, 0.15) is 0 Å². The van der Waals surface area contributed by atoms with Gasteiger partial charge in [-0.1, -0.05) is 231 Å². The second-order valence-electron chi connectivity index (χ2n) is 25.1. The number of para-hydroxylation sites is 2. The Hall–Kier alpha value is -11.8. The van der Waals surface area contributed by atoms with Crippen LogP contribution in [0.2, 0.25) is 0 Å². The van der Waals surface area contributed by atoms with E-state index in [0.717, 1.165) is 0 Å². The largest absolute Gasteiger partial charge is 0.309 e. The second kappa shape index (κ2) is 19.1. The summed E-state index contributed by atoms with van der Waals surface area (Å²) in [5.74, 6) is 0. The van der Waals surface area contributed by atoms with Gasteiger partial charge in [-0.25, -0.2) is 0 Å². The summed E-state index contributed by atoms with van der Waals surface area (Å²) in [5, 5.41) is 14.9. The van der Waals surface area contributed by atoms with E-state index in [2.05, 4.69) is 337 Å². The molecule has 2 heteroatoms. The lowest BCUT2D eigenvalue weighted by atomic mass is 9.70. The van der Waals surface area contributed by atoms with Crippen molar-refractivity contribution in [3.63, 3.8) is 0 Å². The first-order valence-electron chi connectivity index (χ1n) is 31.7. The van der Waals surface area contributed by atoms with Gasteiger partial charge in [-0.05, 0) is 229 Å². The van der Waals surface area contributed by atoms with Gasteiger partial charge in [-0.15, -0.1) is 0 Å². The van der Waals surface area contributed by atoms with Crippen molar-refractivity contribution in [2.45, 2.75) is 5.41 Å². The van der Waals surface area contributed by atoms with Crippen LogP contribution in [0.5, 0.6) is 0 Å². The fourth-order valence-corrected chi connectivity index (χ4v) is 16.2. The standard InChI is InChI=1S/C89H54N2/c1-3-15-57-49-71(39-33-55(57)13-1)90-85-23-11-7-19-77(85)79-51-67(37-43-87(79)90)63-29-25-61-47-65(31-27-59(61)45-63)69-35-41-75-76-42-36-70(54-84(76)89(83(75)53-69)81-21-9-5-17-73(81)74-18-6-10-22-82(74)89)66-32-28-60-46-64(30-26-62(60)48-66)68-38-44-88-80(52-68)78-20-8-12-24-86(78)91(88)72-40-34-56-14-2-4-16-58(56)50-72/h1-54H. The van der Waals surface area contributed by atoms with Crippen molar-refractivity contribution in [3.8, 4) is 78.1 Å². The van der Waals surface area contributed by atoms with Gasteiger partial charge in [0.15, 0.2) is 0 Å². The first-order valence-corrected chi connectivity index (χ1v) is 31.7. The molecule has 0 unspecified atom stereocenters. The molecular formula is C89H54N2. The third-order valence-electron chi connectivity index (χ3n) is 20.4. The Labute approximate surface area is 526 Å². The summed E-state index contributed by atoms with van der Waals surface area (Å²) >= 11 is 0. The van der Waals surface area contributed by atoms with Gasteiger partial charge in [0.25, 0.3) is 0 Å². The van der Waals surface area contributed by atoms with Crippen molar-refractivity contribution >= 4 is 86.7 Å². The highest BCUT2D eigenvalue weighted by atomic mass is 15.0. The van der Waals surface area contributed by atoms with Crippen molar-refractivity contribution in [2.24, 2.45) is 0 Å². The quantitative estimate of drug-likeness (QED) is 0.157. The molecular weight excluding hydrogens is 1100 g/mol. The first kappa shape index (κ1) is 50.2. The van der Waals surface area contributed by atoms with Crippen molar-refractivity contribution in [1.29, 1.82) is 0 Å². The highest BCUT2D eigenvalue weighted by Gasteiger charge is 2.51. The zero-order chi connectivity index (χ0) is 59.5. The summed E-state index contributed by atoms with van der Waals surface area (Å²) in [5.41, 5.74) is 26.9. The lowest BCUT2D eigenvalue weighted by molar-refractivity contribution is 0.794. The number of hydrogen-bond acceptors (Lipinski definition) is 0. The molecule has 16 aromatic carbocycles. The second-order valence-corrected chi connectivity index (χ2v) is 25.1. The summed E-state index contributed by atoms with van der Waals surface area (Å²) in [6, 6.07) is 123. The normalized spacial score (nSPS) is 12.9. The van der Waals surface area contributed by atoms with Crippen molar-refractivity contribution in [3.05, 3.63) is 350 Å². The molecule has 91 heavy (non-hydrogen) atoms. The molecule has 0 atom stereocenters. The first-order chi connectivity index (χ1) is 45.1. The summed E-state index contributed by atoms with van der Waals surface area (Å²) < 4.78 is 4.83. The minimum atomic E-state index is -0.507. The van der Waals surface area contributed by atoms with Crippen LogP contribution in [0, 0.1) is 0 Å². The van der Waals surface area contributed by atoms with E-state index in [1.165, 1.54) is 187 Å². The SMILES string of the molecule is c1ccc2c(c1)-c1ccccc1C21c2cc(-c3ccc4cc(-c5ccc6c(c5)c5ccccc5n6-c5ccc6ccccc6c5)ccc4c3)ccc2-c2ccc(-c3ccc4cc(-c5ccc6c(c5)c5ccccc5n6-c5ccc6ccccc6c5)ccc4c3)cc21. The minimum absolute atomic E-state index is 0.507. The Bertz CT molecular complexity index is 5790. The molecule has 20 rings (SSSR count). The molecule has 2 aliphatic rings. The van der Waals surface area contributed by atoms with E-state index in [-0.39, 0.29) is 0 Å². The number of benzene rings is 16.